The standard InChI is InChI=1S/C7H13N3O4/c8-1-2-13-4-6(11)9-5-3-14-10-7(5)12/h5H,1-4,8H2,(H,9,11)(H,10,12)/t5-/m1/s1. The fourth-order valence-corrected chi connectivity index (χ4v) is 0.934. The third kappa shape index (κ3) is 3.29. The normalized spacial score (nSPS) is 20.6. The Labute approximate surface area is 80.9 Å². The monoisotopic (exact) mass is 203 g/mol. The van der Waals surface area contributed by atoms with Crippen molar-refractivity contribution >= 4 is 11.8 Å². The Morgan fingerprint density at radius 2 is 2.57 bits per heavy atom. The van der Waals surface area contributed by atoms with Crippen molar-refractivity contribution in [1.82, 2.24) is 10.8 Å². The fourth-order valence-electron chi connectivity index (χ4n) is 0.934. The average molecular weight is 203 g/mol. The molecule has 7 nitrogen and oxygen atoms in total. The number of carbonyl (C=O) groups excluding carboxylic acids is 2. The van der Waals surface area contributed by atoms with Gasteiger partial charge in [-0.3, -0.25) is 14.4 Å². The quantitative estimate of drug-likeness (QED) is 0.429. The molecule has 7 heteroatoms. The maximum absolute atomic E-state index is 11.1. The molecule has 0 aromatic rings. The van der Waals surface area contributed by atoms with E-state index in [9.17, 15) is 9.59 Å². The second-order valence-corrected chi connectivity index (χ2v) is 2.74. The predicted octanol–water partition coefficient (Wildman–Crippen LogP) is -2.49. The first kappa shape index (κ1) is 10.9. The first-order valence-corrected chi connectivity index (χ1v) is 4.23. The van der Waals surface area contributed by atoms with Gasteiger partial charge in [0.2, 0.25) is 5.91 Å². The summed E-state index contributed by atoms with van der Waals surface area (Å²) in [6, 6.07) is -0.621. The summed E-state index contributed by atoms with van der Waals surface area (Å²) in [6.07, 6.45) is 0. The zero-order valence-electron chi connectivity index (χ0n) is 7.62. The second-order valence-electron chi connectivity index (χ2n) is 2.74. The number of rotatable bonds is 5. The molecule has 0 aromatic carbocycles. The van der Waals surface area contributed by atoms with Gasteiger partial charge >= 0.3 is 0 Å². The topological polar surface area (TPSA) is 103 Å². The first-order valence-electron chi connectivity index (χ1n) is 4.23. The maximum atomic E-state index is 11.1. The predicted molar refractivity (Wildman–Crippen MR) is 45.9 cm³/mol. The van der Waals surface area contributed by atoms with Crippen LogP contribution < -0.4 is 16.5 Å². The van der Waals surface area contributed by atoms with Gasteiger partial charge in [-0.05, 0) is 0 Å². The minimum Gasteiger partial charge on any atom is -0.370 e. The molecule has 1 fully saturated rings. The van der Waals surface area contributed by atoms with E-state index in [4.69, 9.17) is 10.5 Å². The van der Waals surface area contributed by atoms with Crippen LogP contribution in [0.5, 0.6) is 0 Å². The Bertz CT molecular complexity index is 221. The van der Waals surface area contributed by atoms with E-state index in [1.165, 1.54) is 0 Å². The highest BCUT2D eigenvalue weighted by atomic mass is 16.7. The molecule has 0 radical (unpaired) electrons. The number of ether oxygens (including phenoxy) is 1. The van der Waals surface area contributed by atoms with Crippen LogP contribution in [0.25, 0.3) is 0 Å². The summed E-state index contributed by atoms with van der Waals surface area (Å²) in [5, 5.41) is 2.45. The van der Waals surface area contributed by atoms with E-state index in [2.05, 4.69) is 15.6 Å². The SMILES string of the molecule is NCCOCC(=O)N[C@@H]1CONC1=O. The summed E-state index contributed by atoms with van der Waals surface area (Å²) < 4.78 is 4.88. The van der Waals surface area contributed by atoms with Gasteiger partial charge in [-0.1, -0.05) is 0 Å². The number of hydrogen-bond acceptors (Lipinski definition) is 5. The van der Waals surface area contributed by atoms with Gasteiger partial charge in [0.05, 0.1) is 6.61 Å². The molecule has 1 atom stereocenters. The van der Waals surface area contributed by atoms with Gasteiger partial charge in [0, 0.05) is 6.54 Å². The Hall–Kier alpha value is -1.18. The smallest absolute Gasteiger partial charge is 0.268 e. The maximum Gasteiger partial charge on any atom is 0.268 e. The Morgan fingerprint density at radius 1 is 1.79 bits per heavy atom. The molecule has 0 unspecified atom stereocenters. The van der Waals surface area contributed by atoms with Crippen molar-refractivity contribution in [2.24, 2.45) is 5.73 Å². The molecule has 1 heterocycles. The molecular formula is C7H13N3O4. The highest BCUT2D eigenvalue weighted by Gasteiger charge is 2.26. The Balaban J connectivity index is 2.16. The van der Waals surface area contributed by atoms with E-state index in [-0.39, 0.29) is 25.0 Å². The van der Waals surface area contributed by atoms with E-state index >= 15 is 0 Å². The van der Waals surface area contributed by atoms with Crippen LogP contribution in [0.1, 0.15) is 0 Å². The lowest BCUT2D eigenvalue weighted by Crippen LogP contribution is -2.43. The molecule has 0 spiro atoms. The number of amides is 2. The zero-order valence-corrected chi connectivity index (χ0v) is 7.62. The third-order valence-corrected chi connectivity index (χ3v) is 1.57. The van der Waals surface area contributed by atoms with Crippen LogP contribution >= 0.6 is 0 Å². The minimum absolute atomic E-state index is 0.0962. The summed E-state index contributed by atoms with van der Waals surface area (Å²) in [5.74, 6) is -0.707. The van der Waals surface area contributed by atoms with E-state index in [0.717, 1.165) is 0 Å². The molecule has 1 saturated heterocycles. The fraction of sp³-hybridized carbons (Fsp3) is 0.714. The van der Waals surface area contributed by atoms with Crippen molar-refractivity contribution in [1.29, 1.82) is 0 Å². The van der Waals surface area contributed by atoms with E-state index < -0.39 is 6.04 Å². The van der Waals surface area contributed by atoms with E-state index in [1.54, 1.807) is 0 Å². The van der Waals surface area contributed by atoms with Crippen LogP contribution in [-0.4, -0.2) is 44.2 Å². The van der Waals surface area contributed by atoms with Gasteiger partial charge in [-0.25, -0.2) is 5.48 Å². The molecule has 1 rings (SSSR count). The van der Waals surface area contributed by atoms with Crippen LogP contribution in [0.3, 0.4) is 0 Å². The van der Waals surface area contributed by atoms with Gasteiger partial charge in [0.1, 0.15) is 19.3 Å². The largest absolute Gasteiger partial charge is 0.370 e. The highest BCUT2D eigenvalue weighted by Crippen LogP contribution is 1.93. The third-order valence-electron chi connectivity index (χ3n) is 1.57. The van der Waals surface area contributed by atoms with Gasteiger partial charge in [-0.2, -0.15) is 0 Å². The Kier molecular flexibility index (Phi) is 4.30. The van der Waals surface area contributed by atoms with Crippen molar-refractivity contribution in [3.8, 4) is 0 Å². The van der Waals surface area contributed by atoms with Crippen molar-refractivity contribution < 1.29 is 19.2 Å². The highest BCUT2D eigenvalue weighted by molar-refractivity contribution is 5.88. The summed E-state index contributed by atoms with van der Waals surface area (Å²) in [5.41, 5.74) is 7.29. The number of nitrogens with two attached hydrogens (primary N) is 1. The molecule has 14 heavy (non-hydrogen) atoms. The van der Waals surface area contributed by atoms with Crippen LogP contribution in [0.15, 0.2) is 0 Å². The molecule has 0 aliphatic carbocycles. The van der Waals surface area contributed by atoms with E-state index in [1.807, 2.05) is 0 Å². The van der Waals surface area contributed by atoms with Crippen molar-refractivity contribution in [2.75, 3.05) is 26.4 Å². The number of hydroxylamine groups is 1. The molecule has 4 N–H and O–H groups in total. The van der Waals surface area contributed by atoms with Crippen LogP contribution in [0.2, 0.25) is 0 Å². The van der Waals surface area contributed by atoms with Crippen LogP contribution in [0.4, 0.5) is 0 Å². The summed E-state index contributed by atoms with van der Waals surface area (Å²) in [6.45, 7) is 0.726. The molecular weight excluding hydrogens is 190 g/mol. The first-order chi connectivity index (χ1) is 6.74. The molecule has 0 aromatic heterocycles. The lowest BCUT2D eigenvalue weighted by atomic mass is 10.3. The molecule has 2 amide bonds. The van der Waals surface area contributed by atoms with Crippen molar-refractivity contribution in [3.63, 3.8) is 0 Å². The lowest BCUT2D eigenvalue weighted by molar-refractivity contribution is -0.130. The van der Waals surface area contributed by atoms with Crippen molar-refractivity contribution in [3.05, 3.63) is 0 Å². The lowest BCUT2D eigenvalue weighted by Gasteiger charge is -2.08. The molecule has 1 aliphatic heterocycles. The molecule has 80 valence electrons. The number of nitrogens with one attached hydrogen (secondary N) is 2. The minimum atomic E-state index is -0.621. The van der Waals surface area contributed by atoms with Gasteiger partial charge in [0.15, 0.2) is 0 Å². The Morgan fingerprint density at radius 3 is 3.14 bits per heavy atom. The molecule has 0 saturated carbocycles. The van der Waals surface area contributed by atoms with Gasteiger partial charge < -0.3 is 15.8 Å². The molecule has 1 aliphatic rings. The number of carbonyl (C=O) groups is 2. The summed E-state index contributed by atoms with van der Waals surface area (Å²) in [7, 11) is 0. The van der Waals surface area contributed by atoms with E-state index in [0.29, 0.717) is 13.2 Å². The molecule has 0 bridgehead atoms. The van der Waals surface area contributed by atoms with Crippen molar-refractivity contribution in [2.45, 2.75) is 6.04 Å². The van der Waals surface area contributed by atoms with Crippen LogP contribution in [-0.2, 0) is 19.2 Å². The number of hydrogen-bond donors (Lipinski definition) is 3. The van der Waals surface area contributed by atoms with Gasteiger partial charge in [0.25, 0.3) is 5.91 Å². The average Bonchev–Trinajstić information content (AvgIpc) is 2.52. The summed E-state index contributed by atoms with van der Waals surface area (Å²) >= 11 is 0. The second kappa shape index (κ2) is 5.53. The summed E-state index contributed by atoms with van der Waals surface area (Å²) in [4.78, 5) is 26.7. The van der Waals surface area contributed by atoms with Gasteiger partial charge in [-0.15, -0.1) is 0 Å². The van der Waals surface area contributed by atoms with Crippen LogP contribution in [0, 0.1) is 0 Å². The zero-order chi connectivity index (χ0) is 10.4.